The SMILES string of the molecule is CCOc1cc(Cl)cc(C=C(F)B2OC(C)(C)C(C)(C)O2)c1. The van der Waals surface area contributed by atoms with Crippen LogP contribution < -0.4 is 4.74 Å². The summed E-state index contributed by atoms with van der Waals surface area (Å²) >= 11 is 6.03. The average Bonchev–Trinajstić information content (AvgIpc) is 2.58. The van der Waals surface area contributed by atoms with E-state index in [1.165, 1.54) is 6.08 Å². The standard InChI is InChI=1S/C16H21BClFO3/c1-6-20-13-8-11(7-12(18)10-13)9-14(19)17-21-15(2,3)16(4,5)22-17/h7-10H,6H2,1-5H3. The maximum Gasteiger partial charge on any atom is 0.525 e. The van der Waals surface area contributed by atoms with Crippen LogP contribution in [0.25, 0.3) is 6.08 Å². The summed E-state index contributed by atoms with van der Waals surface area (Å²) in [7, 11) is -1.01. The highest BCUT2D eigenvalue weighted by molar-refractivity contribution is 6.54. The molecule has 0 radical (unpaired) electrons. The lowest BCUT2D eigenvalue weighted by Crippen LogP contribution is -2.41. The molecule has 22 heavy (non-hydrogen) atoms. The van der Waals surface area contributed by atoms with E-state index in [0.29, 0.717) is 22.9 Å². The van der Waals surface area contributed by atoms with E-state index < -0.39 is 24.0 Å². The Bertz CT molecular complexity index is 571. The summed E-state index contributed by atoms with van der Waals surface area (Å²) in [4.78, 5) is 0. The Kier molecular flexibility index (Phi) is 4.90. The molecule has 1 aromatic rings. The summed E-state index contributed by atoms with van der Waals surface area (Å²) in [6, 6.07) is 5.07. The van der Waals surface area contributed by atoms with Crippen molar-refractivity contribution in [2.45, 2.75) is 45.8 Å². The normalized spacial score (nSPS) is 20.3. The first kappa shape index (κ1) is 17.3. The van der Waals surface area contributed by atoms with Gasteiger partial charge in [-0.05, 0) is 64.5 Å². The molecule has 6 heteroatoms. The Morgan fingerprint density at radius 1 is 1.23 bits per heavy atom. The van der Waals surface area contributed by atoms with E-state index in [1.807, 2.05) is 34.6 Å². The molecule has 0 bridgehead atoms. The Morgan fingerprint density at radius 2 is 1.82 bits per heavy atom. The predicted octanol–water partition coefficient (Wildman–Crippen LogP) is 4.68. The first-order valence-electron chi connectivity index (χ1n) is 7.31. The molecule has 1 aromatic carbocycles. The van der Waals surface area contributed by atoms with Crippen LogP contribution in [0.1, 0.15) is 40.2 Å². The molecule has 0 aromatic heterocycles. The van der Waals surface area contributed by atoms with Crippen molar-refractivity contribution < 1.29 is 18.4 Å². The zero-order chi connectivity index (χ0) is 16.5. The number of rotatable bonds is 4. The molecule has 1 aliphatic heterocycles. The third-order valence-corrected chi connectivity index (χ3v) is 4.21. The Balaban J connectivity index is 2.23. The maximum atomic E-state index is 14.5. The topological polar surface area (TPSA) is 27.7 Å². The lowest BCUT2D eigenvalue weighted by atomic mass is 9.87. The van der Waals surface area contributed by atoms with Gasteiger partial charge in [0.05, 0.1) is 17.8 Å². The summed E-state index contributed by atoms with van der Waals surface area (Å²) in [5.41, 5.74) is -1.05. The van der Waals surface area contributed by atoms with Crippen LogP contribution in [0.5, 0.6) is 5.75 Å². The van der Waals surface area contributed by atoms with Crippen LogP contribution in [0.15, 0.2) is 23.9 Å². The van der Waals surface area contributed by atoms with Crippen LogP contribution in [0.2, 0.25) is 5.02 Å². The van der Waals surface area contributed by atoms with Gasteiger partial charge in [0.1, 0.15) is 11.5 Å². The van der Waals surface area contributed by atoms with Crippen molar-refractivity contribution in [1.82, 2.24) is 0 Å². The molecule has 0 N–H and O–H groups in total. The van der Waals surface area contributed by atoms with Crippen molar-refractivity contribution in [3.05, 3.63) is 34.5 Å². The first-order valence-corrected chi connectivity index (χ1v) is 7.68. The smallest absolute Gasteiger partial charge is 0.494 e. The molecule has 2 rings (SSSR count). The van der Waals surface area contributed by atoms with E-state index in [0.717, 1.165) is 0 Å². The van der Waals surface area contributed by atoms with Gasteiger partial charge in [-0.25, -0.2) is 4.39 Å². The minimum atomic E-state index is -1.01. The highest BCUT2D eigenvalue weighted by Gasteiger charge is 2.53. The molecular weight excluding hydrogens is 305 g/mol. The van der Waals surface area contributed by atoms with Crippen LogP contribution in [-0.4, -0.2) is 24.9 Å². The van der Waals surface area contributed by atoms with Crippen LogP contribution in [0.3, 0.4) is 0 Å². The van der Waals surface area contributed by atoms with E-state index >= 15 is 0 Å². The highest BCUT2D eigenvalue weighted by atomic mass is 35.5. The van der Waals surface area contributed by atoms with Gasteiger partial charge in [-0.3, -0.25) is 0 Å². The minimum Gasteiger partial charge on any atom is -0.494 e. The number of benzene rings is 1. The van der Waals surface area contributed by atoms with Gasteiger partial charge < -0.3 is 14.0 Å². The molecule has 120 valence electrons. The molecular formula is C16H21BClFO3. The zero-order valence-corrected chi connectivity index (χ0v) is 14.3. The van der Waals surface area contributed by atoms with Gasteiger partial charge in [-0.2, -0.15) is 0 Å². The molecule has 0 atom stereocenters. The van der Waals surface area contributed by atoms with Crippen molar-refractivity contribution in [1.29, 1.82) is 0 Å². The van der Waals surface area contributed by atoms with Crippen molar-refractivity contribution in [2.24, 2.45) is 0 Å². The van der Waals surface area contributed by atoms with E-state index in [2.05, 4.69) is 0 Å². The quantitative estimate of drug-likeness (QED) is 0.752. The van der Waals surface area contributed by atoms with Crippen molar-refractivity contribution in [2.75, 3.05) is 6.61 Å². The largest absolute Gasteiger partial charge is 0.525 e. The third kappa shape index (κ3) is 3.65. The molecule has 0 amide bonds. The van der Waals surface area contributed by atoms with E-state index in [4.69, 9.17) is 25.6 Å². The minimum absolute atomic E-state index is 0.485. The summed E-state index contributed by atoms with van der Waals surface area (Å²) < 4.78 is 31.2. The second-order valence-electron chi connectivity index (χ2n) is 6.27. The molecule has 1 saturated heterocycles. The van der Waals surface area contributed by atoms with Gasteiger partial charge in [0.15, 0.2) is 0 Å². The zero-order valence-electron chi connectivity index (χ0n) is 13.6. The monoisotopic (exact) mass is 326 g/mol. The van der Waals surface area contributed by atoms with Gasteiger partial charge in [-0.15, -0.1) is 0 Å². The number of hydrogen-bond donors (Lipinski definition) is 0. The fourth-order valence-corrected chi connectivity index (χ4v) is 2.33. The van der Waals surface area contributed by atoms with E-state index in [9.17, 15) is 4.39 Å². The molecule has 3 nitrogen and oxygen atoms in total. The van der Waals surface area contributed by atoms with E-state index in [-0.39, 0.29) is 0 Å². The fraction of sp³-hybridized carbons (Fsp3) is 0.500. The molecule has 0 aliphatic carbocycles. The van der Waals surface area contributed by atoms with Gasteiger partial charge in [0, 0.05) is 5.02 Å². The first-order chi connectivity index (χ1) is 10.1. The molecule has 1 aliphatic rings. The summed E-state index contributed by atoms with van der Waals surface area (Å²) in [5, 5.41) is 0.485. The number of hydrogen-bond acceptors (Lipinski definition) is 3. The lowest BCUT2D eigenvalue weighted by Gasteiger charge is -2.32. The van der Waals surface area contributed by atoms with E-state index in [1.54, 1.807) is 18.2 Å². The van der Waals surface area contributed by atoms with Crippen molar-refractivity contribution >= 4 is 24.8 Å². The summed E-state index contributed by atoms with van der Waals surface area (Å²) in [6.07, 6.45) is 1.36. The molecule has 0 spiro atoms. The van der Waals surface area contributed by atoms with Crippen LogP contribution in [0, 0.1) is 0 Å². The fourth-order valence-electron chi connectivity index (χ4n) is 2.10. The van der Waals surface area contributed by atoms with Crippen molar-refractivity contribution in [3.63, 3.8) is 0 Å². The van der Waals surface area contributed by atoms with Crippen LogP contribution in [-0.2, 0) is 9.31 Å². The van der Waals surface area contributed by atoms with Crippen LogP contribution in [0.4, 0.5) is 4.39 Å². The van der Waals surface area contributed by atoms with Crippen LogP contribution >= 0.6 is 11.6 Å². The molecule has 0 saturated carbocycles. The number of ether oxygens (including phenoxy) is 1. The predicted molar refractivity (Wildman–Crippen MR) is 87.8 cm³/mol. The molecule has 1 heterocycles. The Labute approximate surface area is 136 Å². The summed E-state index contributed by atoms with van der Waals surface area (Å²) in [6.45, 7) is 9.92. The average molecular weight is 327 g/mol. The summed E-state index contributed by atoms with van der Waals surface area (Å²) in [5.74, 6) is 0.600. The van der Waals surface area contributed by atoms with Gasteiger partial charge in [0.2, 0.25) is 0 Å². The second kappa shape index (κ2) is 6.22. The van der Waals surface area contributed by atoms with Gasteiger partial charge in [0.25, 0.3) is 0 Å². The second-order valence-corrected chi connectivity index (χ2v) is 6.71. The van der Waals surface area contributed by atoms with Gasteiger partial charge in [-0.1, -0.05) is 11.6 Å². The Morgan fingerprint density at radius 3 is 2.36 bits per heavy atom. The lowest BCUT2D eigenvalue weighted by molar-refractivity contribution is 0.00578. The Hall–Kier alpha value is -1.04. The maximum absolute atomic E-state index is 14.5. The van der Waals surface area contributed by atoms with Gasteiger partial charge >= 0.3 is 7.12 Å². The third-order valence-electron chi connectivity index (χ3n) is 3.99. The number of halogens is 2. The van der Waals surface area contributed by atoms with Crippen molar-refractivity contribution in [3.8, 4) is 5.75 Å². The molecule has 0 unspecified atom stereocenters. The highest BCUT2D eigenvalue weighted by Crippen LogP contribution is 2.39. The molecule has 1 fully saturated rings.